The topological polar surface area (TPSA) is 49.6 Å². The second-order valence-corrected chi connectivity index (χ2v) is 4.10. The van der Waals surface area contributed by atoms with Gasteiger partial charge in [0, 0.05) is 11.9 Å². The Morgan fingerprint density at radius 1 is 1.25 bits per heavy atom. The van der Waals surface area contributed by atoms with Crippen molar-refractivity contribution in [1.29, 1.82) is 5.26 Å². The first kappa shape index (κ1) is 10.7. The first-order chi connectivity index (χ1) is 7.90. The van der Waals surface area contributed by atoms with Crippen molar-refractivity contribution in [2.24, 2.45) is 0 Å². The summed E-state index contributed by atoms with van der Waals surface area (Å²) in [5.41, 5.74) is 1.76. The standard InChI is InChI=1S/C12H9N3S/c13-7-10-3-1-2-4-11(10)8-16-12-5-6-14-9-15-12/h1-6,9H,8H2. The summed E-state index contributed by atoms with van der Waals surface area (Å²) in [4.78, 5) is 7.98. The van der Waals surface area contributed by atoms with Crippen molar-refractivity contribution in [3.63, 3.8) is 0 Å². The molecule has 0 aliphatic rings. The third-order valence-corrected chi connectivity index (χ3v) is 3.06. The minimum atomic E-state index is 0.726. The highest BCUT2D eigenvalue weighted by Gasteiger charge is 2.01. The molecule has 0 aliphatic heterocycles. The van der Waals surface area contributed by atoms with E-state index in [1.807, 2.05) is 30.3 Å². The van der Waals surface area contributed by atoms with Crippen LogP contribution in [0.15, 0.2) is 47.9 Å². The van der Waals surface area contributed by atoms with Gasteiger partial charge in [-0.3, -0.25) is 0 Å². The Balaban J connectivity index is 2.09. The lowest BCUT2D eigenvalue weighted by Crippen LogP contribution is -1.87. The minimum absolute atomic E-state index is 0.726. The molecule has 1 aromatic heterocycles. The predicted molar refractivity (Wildman–Crippen MR) is 62.8 cm³/mol. The van der Waals surface area contributed by atoms with E-state index in [-0.39, 0.29) is 0 Å². The van der Waals surface area contributed by atoms with Gasteiger partial charge in [-0.05, 0) is 17.7 Å². The van der Waals surface area contributed by atoms with E-state index in [4.69, 9.17) is 5.26 Å². The van der Waals surface area contributed by atoms with E-state index in [0.717, 1.165) is 21.9 Å². The second kappa shape index (κ2) is 5.29. The van der Waals surface area contributed by atoms with Gasteiger partial charge >= 0.3 is 0 Å². The zero-order valence-corrected chi connectivity index (χ0v) is 9.31. The summed E-state index contributed by atoms with van der Waals surface area (Å²) >= 11 is 1.60. The van der Waals surface area contributed by atoms with Crippen LogP contribution in [0.3, 0.4) is 0 Å². The lowest BCUT2D eigenvalue weighted by molar-refractivity contribution is 1.05. The second-order valence-electron chi connectivity index (χ2n) is 3.11. The fraction of sp³-hybridized carbons (Fsp3) is 0.0833. The molecule has 4 heteroatoms. The van der Waals surface area contributed by atoms with Gasteiger partial charge < -0.3 is 0 Å². The van der Waals surface area contributed by atoms with Crippen LogP contribution in [0.25, 0.3) is 0 Å². The highest BCUT2D eigenvalue weighted by Crippen LogP contribution is 2.21. The van der Waals surface area contributed by atoms with Gasteiger partial charge in [0.2, 0.25) is 0 Å². The summed E-state index contributed by atoms with van der Waals surface area (Å²) in [5.74, 6) is 0.751. The first-order valence-electron chi connectivity index (χ1n) is 4.77. The Morgan fingerprint density at radius 2 is 2.12 bits per heavy atom. The lowest BCUT2D eigenvalue weighted by Gasteiger charge is -2.02. The fourth-order valence-electron chi connectivity index (χ4n) is 1.27. The van der Waals surface area contributed by atoms with Crippen LogP contribution >= 0.6 is 11.8 Å². The van der Waals surface area contributed by atoms with Gasteiger partial charge in [-0.25, -0.2) is 9.97 Å². The molecule has 0 N–H and O–H groups in total. The van der Waals surface area contributed by atoms with E-state index < -0.39 is 0 Å². The molecule has 0 aliphatic carbocycles. The van der Waals surface area contributed by atoms with E-state index in [1.54, 1.807) is 18.0 Å². The third-order valence-electron chi connectivity index (χ3n) is 2.07. The van der Waals surface area contributed by atoms with Gasteiger partial charge in [0.15, 0.2) is 0 Å². The zero-order valence-electron chi connectivity index (χ0n) is 8.50. The number of rotatable bonds is 3. The molecule has 0 saturated heterocycles. The predicted octanol–water partition coefficient (Wildman–Crippen LogP) is 2.64. The smallest absolute Gasteiger partial charge is 0.116 e. The zero-order chi connectivity index (χ0) is 11.2. The highest BCUT2D eigenvalue weighted by atomic mass is 32.2. The van der Waals surface area contributed by atoms with E-state index in [2.05, 4.69) is 16.0 Å². The van der Waals surface area contributed by atoms with Crippen molar-refractivity contribution in [2.45, 2.75) is 10.8 Å². The average Bonchev–Trinajstić information content (AvgIpc) is 2.38. The number of nitrogens with zero attached hydrogens (tertiary/aromatic N) is 3. The van der Waals surface area contributed by atoms with Crippen molar-refractivity contribution in [1.82, 2.24) is 9.97 Å². The normalized spacial score (nSPS) is 9.69. The van der Waals surface area contributed by atoms with Gasteiger partial charge in [0.1, 0.15) is 6.33 Å². The van der Waals surface area contributed by atoms with Crippen LogP contribution in [0.1, 0.15) is 11.1 Å². The summed E-state index contributed by atoms with van der Waals surface area (Å²) in [5, 5.41) is 9.85. The molecule has 0 unspecified atom stereocenters. The molecule has 1 aromatic carbocycles. The van der Waals surface area contributed by atoms with Crippen molar-refractivity contribution in [3.05, 3.63) is 54.0 Å². The summed E-state index contributed by atoms with van der Waals surface area (Å²) < 4.78 is 0. The molecule has 0 spiro atoms. The van der Waals surface area contributed by atoms with Gasteiger partial charge in [-0.15, -0.1) is 11.8 Å². The summed E-state index contributed by atoms with van der Waals surface area (Å²) in [6.07, 6.45) is 3.24. The van der Waals surface area contributed by atoms with Crippen molar-refractivity contribution in [2.75, 3.05) is 0 Å². The molecular weight excluding hydrogens is 218 g/mol. The molecule has 2 rings (SSSR count). The molecule has 0 bridgehead atoms. The van der Waals surface area contributed by atoms with Crippen LogP contribution < -0.4 is 0 Å². The number of nitriles is 1. The van der Waals surface area contributed by atoms with E-state index in [1.165, 1.54) is 6.33 Å². The summed E-state index contributed by atoms with van der Waals surface area (Å²) in [6.45, 7) is 0. The maximum Gasteiger partial charge on any atom is 0.116 e. The van der Waals surface area contributed by atoms with Gasteiger partial charge in [0.05, 0.1) is 16.7 Å². The summed E-state index contributed by atoms with van der Waals surface area (Å²) in [6, 6.07) is 11.7. The Kier molecular flexibility index (Phi) is 3.52. The largest absolute Gasteiger partial charge is 0.245 e. The van der Waals surface area contributed by atoms with Gasteiger partial charge in [-0.2, -0.15) is 5.26 Å². The molecule has 16 heavy (non-hydrogen) atoms. The Bertz CT molecular complexity index is 505. The maximum atomic E-state index is 8.93. The summed E-state index contributed by atoms with van der Waals surface area (Å²) in [7, 11) is 0. The van der Waals surface area contributed by atoms with Crippen LogP contribution in [-0.4, -0.2) is 9.97 Å². The molecule has 78 valence electrons. The van der Waals surface area contributed by atoms with Crippen molar-refractivity contribution in [3.8, 4) is 6.07 Å². The number of hydrogen-bond acceptors (Lipinski definition) is 4. The molecule has 0 atom stereocenters. The Hall–Kier alpha value is -1.86. The van der Waals surface area contributed by atoms with Crippen LogP contribution in [0, 0.1) is 11.3 Å². The van der Waals surface area contributed by atoms with Gasteiger partial charge in [-0.1, -0.05) is 18.2 Å². The highest BCUT2D eigenvalue weighted by molar-refractivity contribution is 7.98. The van der Waals surface area contributed by atoms with Crippen LogP contribution in [-0.2, 0) is 5.75 Å². The Labute approximate surface area is 98.2 Å². The Morgan fingerprint density at radius 3 is 2.88 bits per heavy atom. The van der Waals surface area contributed by atoms with Crippen molar-refractivity contribution >= 4 is 11.8 Å². The van der Waals surface area contributed by atoms with Crippen molar-refractivity contribution < 1.29 is 0 Å². The first-order valence-corrected chi connectivity index (χ1v) is 5.75. The van der Waals surface area contributed by atoms with Crippen LogP contribution in [0.5, 0.6) is 0 Å². The molecular formula is C12H9N3S. The molecule has 0 radical (unpaired) electrons. The minimum Gasteiger partial charge on any atom is -0.245 e. The molecule has 2 aromatic rings. The number of aromatic nitrogens is 2. The van der Waals surface area contributed by atoms with E-state index in [0.29, 0.717) is 0 Å². The molecule has 3 nitrogen and oxygen atoms in total. The van der Waals surface area contributed by atoms with Crippen LogP contribution in [0.4, 0.5) is 0 Å². The number of benzene rings is 1. The molecule has 0 saturated carbocycles. The molecule has 1 heterocycles. The lowest BCUT2D eigenvalue weighted by atomic mass is 10.1. The van der Waals surface area contributed by atoms with Crippen LogP contribution in [0.2, 0.25) is 0 Å². The quantitative estimate of drug-likeness (QED) is 0.597. The maximum absolute atomic E-state index is 8.93. The van der Waals surface area contributed by atoms with E-state index in [9.17, 15) is 0 Å². The molecule has 0 fully saturated rings. The third kappa shape index (κ3) is 2.59. The number of thioether (sulfide) groups is 1. The fourth-order valence-corrected chi connectivity index (χ4v) is 2.10. The monoisotopic (exact) mass is 227 g/mol. The van der Waals surface area contributed by atoms with E-state index >= 15 is 0 Å². The number of hydrogen-bond donors (Lipinski definition) is 0. The average molecular weight is 227 g/mol. The molecule has 0 amide bonds. The van der Waals surface area contributed by atoms with Gasteiger partial charge in [0.25, 0.3) is 0 Å². The SMILES string of the molecule is N#Cc1ccccc1CSc1ccncn1.